The molecule has 5 heteroatoms. The lowest BCUT2D eigenvalue weighted by atomic mass is 10.1. The fourth-order valence-corrected chi connectivity index (χ4v) is 1.97. The predicted octanol–water partition coefficient (Wildman–Crippen LogP) is 0.504. The van der Waals surface area contributed by atoms with Gasteiger partial charge in [-0.1, -0.05) is 13.8 Å². The minimum absolute atomic E-state index is 0.196. The van der Waals surface area contributed by atoms with Gasteiger partial charge >= 0.3 is 0 Å². The molecular formula is C14H32N4O. The Morgan fingerprint density at radius 2 is 1.79 bits per heavy atom. The van der Waals surface area contributed by atoms with Crippen molar-refractivity contribution in [3.05, 3.63) is 0 Å². The molecular weight excluding hydrogens is 240 g/mol. The van der Waals surface area contributed by atoms with E-state index in [-0.39, 0.29) is 11.9 Å². The van der Waals surface area contributed by atoms with Gasteiger partial charge < -0.3 is 20.9 Å². The van der Waals surface area contributed by atoms with Crippen LogP contribution < -0.4 is 11.1 Å². The summed E-state index contributed by atoms with van der Waals surface area (Å²) < 4.78 is 0. The van der Waals surface area contributed by atoms with Crippen molar-refractivity contribution in [1.29, 1.82) is 0 Å². The first-order valence-corrected chi connectivity index (χ1v) is 7.41. The molecule has 0 radical (unpaired) electrons. The summed E-state index contributed by atoms with van der Waals surface area (Å²) in [6.45, 7) is 9.21. The second-order valence-electron chi connectivity index (χ2n) is 5.34. The van der Waals surface area contributed by atoms with Gasteiger partial charge in [0, 0.05) is 19.6 Å². The SMILES string of the molecule is CCCNC(CCN(CCC)CCN(C)C)C(N)=O. The summed E-state index contributed by atoms with van der Waals surface area (Å²) in [6, 6.07) is -0.196. The molecule has 1 unspecified atom stereocenters. The molecule has 0 spiro atoms. The molecule has 0 aliphatic rings. The van der Waals surface area contributed by atoms with E-state index < -0.39 is 0 Å². The van der Waals surface area contributed by atoms with Gasteiger partial charge in [-0.3, -0.25) is 4.79 Å². The van der Waals surface area contributed by atoms with Gasteiger partial charge in [0.15, 0.2) is 0 Å². The van der Waals surface area contributed by atoms with Gasteiger partial charge in [0.2, 0.25) is 5.91 Å². The summed E-state index contributed by atoms with van der Waals surface area (Å²) in [4.78, 5) is 16.0. The zero-order valence-electron chi connectivity index (χ0n) is 13.1. The average Bonchev–Trinajstić information content (AvgIpc) is 2.35. The van der Waals surface area contributed by atoms with Crippen molar-refractivity contribution < 1.29 is 4.79 Å². The molecule has 0 aromatic heterocycles. The van der Waals surface area contributed by atoms with Crippen LogP contribution in [0.5, 0.6) is 0 Å². The van der Waals surface area contributed by atoms with Crippen LogP contribution in [0.15, 0.2) is 0 Å². The number of nitrogens with zero attached hydrogens (tertiary/aromatic N) is 2. The van der Waals surface area contributed by atoms with Gasteiger partial charge in [0.25, 0.3) is 0 Å². The highest BCUT2D eigenvalue weighted by Crippen LogP contribution is 1.99. The fraction of sp³-hybridized carbons (Fsp3) is 0.929. The van der Waals surface area contributed by atoms with Gasteiger partial charge in [-0.25, -0.2) is 0 Å². The summed E-state index contributed by atoms with van der Waals surface area (Å²) in [5.74, 6) is -0.238. The Labute approximate surface area is 118 Å². The largest absolute Gasteiger partial charge is 0.368 e. The van der Waals surface area contributed by atoms with Crippen molar-refractivity contribution in [2.45, 2.75) is 39.2 Å². The number of likely N-dealkylation sites (N-methyl/N-ethyl adjacent to an activating group) is 1. The molecule has 0 aromatic rings. The summed E-state index contributed by atoms with van der Waals surface area (Å²) in [7, 11) is 4.16. The molecule has 19 heavy (non-hydrogen) atoms. The molecule has 0 rings (SSSR count). The number of carbonyl (C=O) groups excluding carboxylic acids is 1. The van der Waals surface area contributed by atoms with Crippen LogP contribution in [0.25, 0.3) is 0 Å². The molecule has 3 N–H and O–H groups in total. The zero-order chi connectivity index (χ0) is 14.7. The third kappa shape index (κ3) is 9.87. The summed E-state index contributed by atoms with van der Waals surface area (Å²) >= 11 is 0. The third-order valence-corrected chi connectivity index (χ3v) is 3.12. The van der Waals surface area contributed by atoms with Crippen LogP contribution in [0.4, 0.5) is 0 Å². The highest BCUT2D eigenvalue weighted by molar-refractivity contribution is 5.79. The molecule has 1 amide bonds. The van der Waals surface area contributed by atoms with Crippen LogP contribution >= 0.6 is 0 Å². The van der Waals surface area contributed by atoms with E-state index in [1.54, 1.807) is 0 Å². The quantitative estimate of drug-likeness (QED) is 0.543. The maximum Gasteiger partial charge on any atom is 0.234 e. The van der Waals surface area contributed by atoms with E-state index in [4.69, 9.17) is 5.73 Å². The van der Waals surface area contributed by atoms with E-state index in [0.29, 0.717) is 0 Å². The van der Waals surface area contributed by atoms with Crippen molar-refractivity contribution in [3.63, 3.8) is 0 Å². The number of nitrogens with one attached hydrogen (secondary N) is 1. The van der Waals surface area contributed by atoms with Crippen LogP contribution in [-0.2, 0) is 4.79 Å². The molecule has 5 nitrogen and oxygen atoms in total. The molecule has 0 heterocycles. The first-order valence-electron chi connectivity index (χ1n) is 7.41. The van der Waals surface area contributed by atoms with Gasteiger partial charge in [0.05, 0.1) is 6.04 Å². The zero-order valence-corrected chi connectivity index (χ0v) is 13.1. The van der Waals surface area contributed by atoms with Crippen LogP contribution in [0.2, 0.25) is 0 Å². The van der Waals surface area contributed by atoms with Gasteiger partial charge in [-0.15, -0.1) is 0 Å². The van der Waals surface area contributed by atoms with E-state index in [0.717, 1.165) is 52.0 Å². The molecule has 0 saturated heterocycles. The topological polar surface area (TPSA) is 61.6 Å². The summed E-state index contributed by atoms with van der Waals surface area (Å²) in [6.07, 6.45) is 2.95. The van der Waals surface area contributed by atoms with Crippen LogP contribution in [0.1, 0.15) is 33.1 Å². The Hall–Kier alpha value is -0.650. The number of carbonyl (C=O) groups is 1. The maximum atomic E-state index is 11.4. The molecule has 114 valence electrons. The van der Waals surface area contributed by atoms with E-state index in [1.165, 1.54) is 0 Å². The van der Waals surface area contributed by atoms with E-state index in [2.05, 4.69) is 43.1 Å². The third-order valence-electron chi connectivity index (χ3n) is 3.12. The van der Waals surface area contributed by atoms with Crippen LogP contribution in [0, 0.1) is 0 Å². The summed E-state index contributed by atoms with van der Waals surface area (Å²) in [5, 5.41) is 3.22. The first kappa shape index (κ1) is 18.4. The second-order valence-corrected chi connectivity index (χ2v) is 5.34. The number of rotatable bonds is 12. The number of primary amides is 1. The Bertz CT molecular complexity index is 233. The Balaban J connectivity index is 4.13. The molecule has 0 aromatic carbocycles. The van der Waals surface area contributed by atoms with Crippen LogP contribution in [-0.4, -0.2) is 68.6 Å². The molecule has 0 saturated carbocycles. The van der Waals surface area contributed by atoms with Crippen molar-refractivity contribution in [1.82, 2.24) is 15.1 Å². The predicted molar refractivity (Wildman–Crippen MR) is 81.2 cm³/mol. The van der Waals surface area contributed by atoms with Gasteiger partial charge in [-0.05, 0) is 46.4 Å². The molecule has 0 bridgehead atoms. The van der Waals surface area contributed by atoms with Crippen molar-refractivity contribution in [2.24, 2.45) is 5.73 Å². The Morgan fingerprint density at radius 1 is 1.11 bits per heavy atom. The lowest BCUT2D eigenvalue weighted by Crippen LogP contribution is -2.44. The van der Waals surface area contributed by atoms with Crippen LogP contribution in [0.3, 0.4) is 0 Å². The minimum Gasteiger partial charge on any atom is -0.368 e. The maximum absolute atomic E-state index is 11.4. The van der Waals surface area contributed by atoms with Gasteiger partial charge in [0.1, 0.15) is 0 Å². The van der Waals surface area contributed by atoms with E-state index >= 15 is 0 Å². The lowest BCUT2D eigenvalue weighted by molar-refractivity contribution is -0.120. The van der Waals surface area contributed by atoms with E-state index in [9.17, 15) is 4.79 Å². The number of amides is 1. The molecule has 0 aliphatic carbocycles. The highest BCUT2D eigenvalue weighted by atomic mass is 16.1. The minimum atomic E-state index is -0.238. The van der Waals surface area contributed by atoms with Gasteiger partial charge in [-0.2, -0.15) is 0 Å². The Kier molecular flexibility index (Phi) is 10.8. The number of nitrogens with two attached hydrogens (primary N) is 1. The first-order chi connectivity index (χ1) is 9.01. The molecule has 0 fully saturated rings. The van der Waals surface area contributed by atoms with Crippen molar-refractivity contribution in [3.8, 4) is 0 Å². The highest BCUT2D eigenvalue weighted by Gasteiger charge is 2.15. The smallest absolute Gasteiger partial charge is 0.234 e. The standard InChI is InChI=1S/C14H32N4O/c1-5-8-16-13(14(15)19)7-10-18(9-6-2)12-11-17(3)4/h13,16H,5-12H2,1-4H3,(H2,15,19). The monoisotopic (exact) mass is 272 g/mol. The summed E-state index contributed by atoms with van der Waals surface area (Å²) in [5.41, 5.74) is 5.43. The van der Waals surface area contributed by atoms with Crippen molar-refractivity contribution in [2.75, 3.05) is 46.8 Å². The molecule has 1 atom stereocenters. The number of hydrogen-bond donors (Lipinski definition) is 2. The molecule has 0 aliphatic heterocycles. The normalized spacial score (nSPS) is 13.2. The number of hydrogen-bond acceptors (Lipinski definition) is 4. The Morgan fingerprint density at radius 3 is 2.26 bits per heavy atom. The second kappa shape index (κ2) is 11.2. The fourth-order valence-electron chi connectivity index (χ4n) is 1.97. The lowest BCUT2D eigenvalue weighted by Gasteiger charge is -2.25. The van der Waals surface area contributed by atoms with Crippen molar-refractivity contribution >= 4 is 5.91 Å². The van der Waals surface area contributed by atoms with E-state index in [1.807, 2.05) is 0 Å². The average molecular weight is 272 g/mol.